The number of para-hydroxylation sites is 3. The van der Waals surface area contributed by atoms with Gasteiger partial charge in [0, 0.05) is 33.3 Å². The summed E-state index contributed by atoms with van der Waals surface area (Å²) in [7, 11) is 0. The molecule has 0 aliphatic heterocycles. The maximum Gasteiger partial charge on any atom is 0.0714 e. The Bertz CT molecular complexity index is 4480. The van der Waals surface area contributed by atoms with E-state index >= 15 is 0 Å². The second-order valence-electron chi connectivity index (χ2n) is 20.8. The van der Waals surface area contributed by atoms with Gasteiger partial charge in [0.2, 0.25) is 0 Å². The summed E-state index contributed by atoms with van der Waals surface area (Å²) in [5.74, 6) is 0. The summed E-state index contributed by atoms with van der Waals surface area (Å²) in [5, 5.41) is 5.01. The van der Waals surface area contributed by atoms with Gasteiger partial charge in [0.1, 0.15) is 0 Å². The fourth-order valence-corrected chi connectivity index (χ4v) is 12.9. The van der Waals surface area contributed by atoms with Gasteiger partial charge in [-0.25, -0.2) is 0 Å². The molecule has 1 aliphatic rings. The summed E-state index contributed by atoms with van der Waals surface area (Å²) in [6, 6.07) is 116. The molecule has 1 heterocycles. The summed E-state index contributed by atoms with van der Waals surface area (Å²) >= 11 is 0. The van der Waals surface area contributed by atoms with Gasteiger partial charge in [-0.2, -0.15) is 0 Å². The topological polar surface area (TPSA) is 8.17 Å². The third-order valence-electron chi connectivity index (χ3n) is 16.5. The second kappa shape index (κ2) is 19.1. The molecule has 2 heteroatoms. The Labute approximate surface area is 461 Å². The van der Waals surface area contributed by atoms with Crippen LogP contribution in [0.3, 0.4) is 0 Å². The van der Waals surface area contributed by atoms with Crippen molar-refractivity contribution < 1.29 is 0 Å². The van der Waals surface area contributed by atoms with Gasteiger partial charge in [-0.05, 0) is 138 Å². The molecular weight excluding hydrogens is 953 g/mol. The van der Waals surface area contributed by atoms with Gasteiger partial charge in [0.25, 0.3) is 0 Å². The lowest BCUT2D eigenvalue weighted by molar-refractivity contribution is 0.768. The Balaban J connectivity index is 0.839. The number of hydrogen-bond donors (Lipinski definition) is 0. The smallest absolute Gasteiger partial charge is 0.0714 e. The third-order valence-corrected chi connectivity index (χ3v) is 16.5. The molecule has 0 saturated heterocycles. The number of hydrogen-bond acceptors (Lipinski definition) is 1. The van der Waals surface area contributed by atoms with Crippen LogP contribution in [0.25, 0.3) is 93.9 Å². The van der Waals surface area contributed by atoms with E-state index in [0.29, 0.717) is 0 Å². The zero-order valence-corrected chi connectivity index (χ0v) is 43.4. The van der Waals surface area contributed by atoms with Crippen LogP contribution < -0.4 is 4.90 Å². The standard InChI is InChI=1S/C77H52N2/c1-3-23-62(24-4-1)77(63-25-5-2-6-26-63)70-31-13-9-30-69(70)76-71(77)32-18-36-75(76)78(65-49-45-56(46-50-65)59-21-17-22-60(51-59)61-42-39-53-19-7-8-20-58(53)52-61)64-47-43-55(44-48-64)54-37-40-57(41-38-54)66-27-10-14-33-72(66)79-73-34-15-11-28-67(73)68-29-12-16-35-74(68)79/h1-52H. The molecule has 13 aromatic carbocycles. The largest absolute Gasteiger partial charge is 0.310 e. The predicted molar refractivity (Wildman–Crippen MR) is 332 cm³/mol. The molecule has 2 nitrogen and oxygen atoms in total. The van der Waals surface area contributed by atoms with Crippen molar-refractivity contribution in [2.24, 2.45) is 0 Å². The first-order valence-corrected chi connectivity index (χ1v) is 27.3. The van der Waals surface area contributed by atoms with Crippen LogP contribution >= 0.6 is 0 Å². The first kappa shape index (κ1) is 46.1. The average Bonchev–Trinajstić information content (AvgIpc) is 4.03. The molecule has 14 aromatic rings. The fraction of sp³-hybridized carbons (Fsp3) is 0.0130. The molecule has 0 saturated carbocycles. The molecule has 0 bridgehead atoms. The molecular formula is C77H52N2. The molecule has 1 aromatic heterocycles. The number of rotatable bonds is 10. The van der Waals surface area contributed by atoms with Gasteiger partial charge >= 0.3 is 0 Å². The highest BCUT2D eigenvalue weighted by molar-refractivity contribution is 6.10. The third kappa shape index (κ3) is 7.64. The number of benzene rings is 13. The lowest BCUT2D eigenvalue weighted by Gasteiger charge is -2.34. The SMILES string of the molecule is c1ccc(C2(c3ccccc3)c3ccccc3-c3c(N(c4ccc(-c5ccc(-c6ccccc6-n6c7ccccc7c7ccccc76)cc5)cc4)c4ccc(-c5cccc(-c6ccc7ccccc7c6)c5)cc4)cccc32)cc1. The van der Waals surface area contributed by atoms with Crippen molar-refractivity contribution in [3.8, 4) is 61.3 Å². The molecule has 0 N–H and O–H groups in total. The van der Waals surface area contributed by atoms with E-state index in [4.69, 9.17) is 0 Å². The van der Waals surface area contributed by atoms with Crippen LogP contribution in [0.5, 0.6) is 0 Å². The lowest BCUT2D eigenvalue weighted by atomic mass is 9.68. The van der Waals surface area contributed by atoms with Gasteiger partial charge in [0.15, 0.2) is 0 Å². The van der Waals surface area contributed by atoms with Gasteiger partial charge in [0.05, 0.1) is 27.8 Å². The van der Waals surface area contributed by atoms with Crippen molar-refractivity contribution in [3.63, 3.8) is 0 Å². The van der Waals surface area contributed by atoms with Crippen molar-refractivity contribution in [2.75, 3.05) is 4.90 Å². The van der Waals surface area contributed by atoms with Gasteiger partial charge in [-0.1, -0.05) is 255 Å². The zero-order chi connectivity index (χ0) is 52.3. The maximum absolute atomic E-state index is 2.47. The molecule has 370 valence electrons. The van der Waals surface area contributed by atoms with E-state index < -0.39 is 5.41 Å². The molecule has 0 fully saturated rings. The Morgan fingerprint density at radius 3 is 1.39 bits per heavy atom. The second-order valence-corrected chi connectivity index (χ2v) is 20.8. The summed E-state index contributed by atoms with van der Waals surface area (Å²) in [6.45, 7) is 0. The van der Waals surface area contributed by atoms with E-state index in [-0.39, 0.29) is 0 Å². The number of aromatic nitrogens is 1. The van der Waals surface area contributed by atoms with Crippen LogP contribution in [0.4, 0.5) is 17.1 Å². The van der Waals surface area contributed by atoms with Gasteiger partial charge < -0.3 is 9.47 Å². The minimum Gasteiger partial charge on any atom is -0.310 e. The highest BCUT2D eigenvalue weighted by atomic mass is 15.1. The van der Waals surface area contributed by atoms with E-state index in [0.717, 1.165) is 28.2 Å². The summed E-state index contributed by atoms with van der Waals surface area (Å²) in [4.78, 5) is 2.47. The van der Waals surface area contributed by atoms with Crippen LogP contribution in [0, 0.1) is 0 Å². The first-order chi connectivity index (χ1) is 39.2. The van der Waals surface area contributed by atoms with E-state index in [9.17, 15) is 0 Å². The van der Waals surface area contributed by atoms with Crippen LogP contribution in [-0.4, -0.2) is 4.57 Å². The van der Waals surface area contributed by atoms with Crippen LogP contribution in [0.2, 0.25) is 0 Å². The summed E-state index contributed by atoms with van der Waals surface area (Å²) in [5.41, 5.74) is 23.3. The normalized spacial score (nSPS) is 12.4. The highest BCUT2D eigenvalue weighted by Crippen LogP contribution is 2.59. The predicted octanol–water partition coefficient (Wildman–Crippen LogP) is 20.4. The van der Waals surface area contributed by atoms with Crippen LogP contribution in [-0.2, 0) is 5.41 Å². The Morgan fingerprint density at radius 2 is 0.734 bits per heavy atom. The molecule has 0 atom stereocenters. The first-order valence-electron chi connectivity index (χ1n) is 27.3. The Morgan fingerprint density at radius 1 is 0.278 bits per heavy atom. The fourth-order valence-electron chi connectivity index (χ4n) is 12.9. The highest BCUT2D eigenvalue weighted by Gasteiger charge is 2.47. The molecule has 15 rings (SSSR count). The lowest BCUT2D eigenvalue weighted by Crippen LogP contribution is -2.28. The van der Waals surface area contributed by atoms with Crippen molar-refractivity contribution in [1.29, 1.82) is 0 Å². The minimum absolute atomic E-state index is 0.532. The van der Waals surface area contributed by atoms with E-state index in [1.807, 2.05) is 0 Å². The number of anilines is 3. The Kier molecular flexibility index (Phi) is 11.1. The molecule has 1 aliphatic carbocycles. The molecule has 0 spiro atoms. The molecule has 0 radical (unpaired) electrons. The number of fused-ring (bicyclic) bond motifs is 7. The van der Waals surface area contributed by atoms with Gasteiger partial charge in [-0.15, -0.1) is 0 Å². The minimum atomic E-state index is -0.532. The van der Waals surface area contributed by atoms with E-state index in [1.54, 1.807) is 0 Å². The van der Waals surface area contributed by atoms with Crippen LogP contribution in [0.1, 0.15) is 22.3 Å². The number of nitrogens with zero attached hydrogens (tertiary/aromatic N) is 2. The van der Waals surface area contributed by atoms with Gasteiger partial charge in [-0.3, -0.25) is 0 Å². The van der Waals surface area contributed by atoms with Crippen molar-refractivity contribution >= 4 is 49.6 Å². The zero-order valence-electron chi connectivity index (χ0n) is 43.4. The molecule has 79 heavy (non-hydrogen) atoms. The van der Waals surface area contributed by atoms with Crippen LogP contribution in [0.15, 0.2) is 315 Å². The van der Waals surface area contributed by atoms with E-state index in [2.05, 4.69) is 325 Å². The molecule has 0 unspecified atom stereocenters. The summed E-state index contributed by atoms with van der Waals surface area (Å²) < 4.78 is 2.42. The maximum atomic E-state index is 2.47. The van der Waals surface area contributed by atoms with Crippen molar-refractivity contribution in [1.82, 2.24) is 4.57 Å². The van der Waals surface area contributed by atoms with E-state index in [1.165, 1.54) is 105 Å². The average molecular weight is 1010 g/mol. The summed E-state index contributed by atoms with van der Waals surface area (Å²) in [6.07, 6.45) is 0. The Hall–Kier alpha value is -10.3. The van der Waals surface area contributed by atoms with Crippen molar-refractivity contribution in [2.45, 2.75) is 5.41 Å². The van der Waals surface area contributed by atoms with Crippen molar-refractivity contribution in [3.05, 3.63) is 338 Å². The quantitative estimate of drug-likeness (QED) is 0.133. The monoisotopic (exact) mass is 1000 g/mol. The molecule has 0 amide bonds.